The molecule has 0 aromatic carbocycles. The molecule has 0 bridgehead atoms. The van der Waals surface area contributed by atoms with Gasteiger partial charge in [-0.2, -0.15) is 0 Å². The summed E-state index contributed by atoms with van der Waals surface area (Å²) < 4.78 is 5.03. The number of carbonyl (C=O) groups is 2. The van der Waals surface area contributed by atoms with Crippen LogP contribution in [-0.2, 0) is 9.53 Å². The van der Waals surface area contributed by atoms with Crippen LogP contribution in [-0.4, -0.2) is 27.9 Å². The highest BCUT2D eigenvalue weighted by Gasteiger charge is 2.20. The average molecular weight is 306 g/mol. The summed E-state index contributed by atoms with van der Waals surface area (Å²) in [5.74, 6) is -1.18. The molecule has 0 spiro atoms. The standard InChI is InChI=1S/C14H12ClN3O3/c1-9(21-14(20)11-5-2-3-7-16-11)13(19)18-10-6-4-8-17-12(10)15/h2-9H,1H3,(H,18,19). The highest BCUT2D eigenvalue weighted by Crippen LogP contribution is 2.17. The van der Waals surface area contributed by atoms with Gasteiger partial charge in [-0.05, 0) is 31.2 Å². The predicted molar refractivity (Wildman–Crippen MR) is 77.0 cm³/mol. The van der Waals surface area contributed by atoms with Crippen molar-refractivity contribution >= 4 is 29.2 Å². The topological polar surface area (TPSA) is 81.2 Å². The summed E-state index contributed by atoms with van der Waals surface area (Å²) in [4.78, 5) is 31.4. The SMILES string of the molecule is CC(OC(=O)c1ccccn1)C(=O)Nc1cccnc1Cl. The Hall–Kier alpha value is -2.47. The Kier molecular flexibility index (Phi) is 4.84. The van der Waals surface area contributed by atoms with Gasteiger partial charge in [-0.1, -0.05) is 17.7 Å². The molecule has 2 aromatic heterocycles. The monoisotopic (exact) mass is 305 g/mol. The molecule has 0 fully saturated rings. The van der Waals surface area contributed by atoms with Crippen LogP contribution in [0.4, 0.5) is 5.69 Å². The minimum atomic E-state index is -0.990. The van der Waals surface area contributed by atoms with Crippen molar-refractivity contribution in [3.8, 4) is 0 Å². The number of rotatable bonds is 4. The maximum atomic E-state index is 11.9. The molecule has 21 heavy (non-hydrogen) atoms. The van der Waals surface area contributed by atoms with Crippen LogP contribution in [0.15, 0.2) is 42.7 Å². The van der Waals surface area contributed by atoms with Crippen molar-refractivity contribution in [2.45, 2.75) is 13.0 Å². The van der Waals surface area contributed by atoms with Crippen LogP contribution in [0.2, 0.25) is 5.15 Å². The molecule has 0 aliphatic rings. The first-order valence-corrected chi connectivity index (χ1v) is 6.49. The predicted octanol–water partition coefficient (Wildman–Crippen LogP) is 2.31. The van der Waals surface area contributed by atoms with Crippen LogP contribution < -0.4 is 5.32 Å². The van der Waals surface area contributed by atoms with Gasteiger partial charge in [0.2, 0.25) is 0 Å². The second kappa shape index (κ2) is 6.81. The van der Waals surface area contributed by atoms with Crippen molar-refractivity contribution in [3.63, 3.8) is 0 Å². The second-order valence-corrected chi connectivity index (χ2v) is 4.45. The summed E-state index contributed by atoms with van der Waals surface area (Å²) in [7, 11) is 0. The molecule has 1 N–H and O–H groups in total. The van der Waals surface area contributed by atoms with Gasteiger partial charge < -0.3 is 10.1 Å². The summed E-state index contributed by atoms with van der Waals surface area (Å²) in [5.41, 5.74) is 0.487. The number of hydrogen-bond acceptors (Lipinski definition) is 5. The van der Waals surface area contributed by atoms with Crippen molar-refractivity contribution in [1.82, 2.24) is 9.97 Å². The molecule has 2 heterocycles. The number of esters is 1. The van der Waals surface area contributed by atoms with Crippen LogP contribution in [0, 0.1) is 0 Å². The van der Waals surface area contributed by atoms with Crippen LogP contribution in [0.3, 0.4) is 0 Å². The molecule has 0 saturated carbocycles. The molecule has 0 saturated heterocycles. The van der Waals surface area contributed by atoms with E-state index in [4.69, 9.17) is 16.3 Å². The molecule has 2 aromatic rings. The number of amides is 1. The second-order valence-electron chi connectivity index (χ2n) is 4.09. The van der Waals surface area contributed by atoms with E-state index in [-0.39, 0.29) is 10.8 Å². The molecule has 2 rings (SSSR count). The quantitative estimate of drug-likeness (QED) is 0.692. The molecule has 7 heteroatoms. The maximum absolute atomic E-state index is 11.9. The van der Waals surface area contributed by atoms with Gasteiger partial charge in [0, 0.05) is 12.4 Å². The number of hydrogen-bond donors (Lipinski definition) is 1. The lowest BCUT2D eigenvalue weighted by atomic mass is 10.3. The van der Waals surface area contributed by atoms with E-state index < -0.39 is 18.0 Å². The lowest BCUT2D eigenvalue weighted by Crippen LogP contribution is -2.30. The Bertz CT molecular complexity index is 649. The minimum Gasteiger partial charge on any atom is -0.448 e. The Morgan fingerprint density at radius 1 is 1.19 bits per heavy atom. The number of ether oxygens (including phenoxy) is 1. The summed E-state index contributed by atoms with van der Waals surface area (Å²) in [6, 6.07) is 8.07. The van der Waals surface area contributed by atoms with Crippen molar-refractivity contribution < 1.29 is 14.3 Å². The lowest BCUT2D eigenvalue weighted by molar-refractivity contribution is -0.123. The zero-order valence-corrected chi connectivity index (χ0v) is 11.9. The van der Waals surface area contributed by atoms with E-state index in [0.29, 0.717) is 5.69 Å². The first-order valence-electron chi connectivity index (χ1n) is 6.11. The van der Waals surface area contributed by atoms with E-state index >= 15 is 0 Å². The summed E-state index contributed by atoms with van der Waals surface area (Å²) in [5, 5.41) is 2.70. The zero-order chi connectivity index (χ0) is 15.2. The number of nitrogens with one attached hydrogen (secondary N) is 1. The Morgan fingerprint density at radius 2 is 1.95 bits per heavy atom. The number of nitrogens with zero attached hydrogens (tertiary/aromatic N) is 2. The third-order valence-corrected chi connectivity index (χ3v) is 2.85. The molecule has 0 aliphatic heterocycles. The van der Waals surface area contributed by atoms with Gasteiger partial charge in [0.1, 0.15) is 5.69 Å². The first-order chi connectivity index (χ1) is 10.1. The number of anilines is 1. The fraction of sp³-hybridized carbons (Fsp3) is 0.143. The van der Waals surface area contributed by atoms with Crippen LogP contribution >= 0.6 is 11.6 Å². The fourth-order valence-electron chi connectivity index (χ4n) is 1.47. The lowest BCUT2D eigenvalue weighted by Gasteiger charge is -2.13. The molecule has 6 nitrogen and oxygen atoms in total. The van der Waals surface area contributed by atoms with Gasteiger partial charge in [0.05, 0.1) is 5.69 Å². The number of carbonyl (C=O) groups excluding carboxylic acids is 2. The van der Waals surface area contributed by atoms with Crippen LogP contribution in [0.1, 0.15) is 17.4 Å². The van der Waals surface area contributed by atoms with E-state index in [1.165, 1.54) is 25.4 Å². The van der Waals surface area contributed by atoms with E-state index in [1.807, 2.05) is 0 Å². The molecule has 1 atom stereocenters. The van der Waals surface area contributed by atoms with E-state index in [2.05, 4.69) is 15.3 Å². The molecule has 1 amide bonds. The third kappa shape index (κ3) is 4.00. The molecule has 108 valence electrons. The van der Waals surface area contributed by atoms with Crippen LogP contribution in [0.25, 0.3) is 0 Å². The maximum Gasteiger partial charge on any atom is 0.357 e. The van der Waals surface area contributed by atoms with Gasteiger partial charge >= 0.3 is 5.97 Å². The first kappa shape index (κ1) is 14.9. The minimum absolute atomic E-state index is 0.136. The van der Waals surface area contributed by atoms with Crippen molar-refractivity contribution in [3.05, 3.63) is 53.6 Å². The van der Waals surface area contributed by atoms with Gasteiger partial charge in [-0.25, -0.2) is 14.8 Å². The molecule has 1 unspecified atom stereocenters. The Labute approximate surface area is 126 Å². The van der Waals surface area contributed by atoms with Crippen molar-refractivity contribution in [2.24, 2.45) is 0 Å². The van der Waals surface area contributed by atoms with E-state index in [1.54, 1.807) is 24.3 Å². The zero-order valence-electron chi connectivity index (χ0n) is 11.1. The third-order valence-electron chi connectivity index (χ3n) is 2.54. The number of aromatic nitrogens is 2. The number of halogens is 1. The van der Waals surface area contributed by atoms with Gasteiger partial charge in [-0.15, -0.1) is 0 Å². The molecular formula is C14H12ClN3O3. The van der Waals surface area contributed by atoms with Gasteiger partial charge in [-0.3, -0.25) is 4.79 Å². The molecular weight excluding hydrogens is 294 g/mol. The van der Waals surface area contributed by atoms with E-state index in [0.717, 1.165) is 0 Å². The summed E-state index contributed by atoms with van der Waals surface area (Å²) >= 11 is 5.83. The Balaban J connectivity index is 1.97. The number of pyridine rings is 2. The molecule has 0 radical (unpaired) electrons. The largest absolute Gasteiger partial charge is 0.448 e. The fourth-order valence-corrected chi connectivity index (χ4v) is 1.64. The smallest absolute Gasteiger partial charge is 0.357 e. The normalized spacial score (nSPS) is 11.5. The summed E-state index contributed by atoms with van der Waals surface area (Å²) in [6.45, 7) is 1.46. The van der Waals surface area contributed by atoms with Gasteiger partial charge in [0.25, 0.3) is 5.91 Å². The highest BCUT2D eigenvalue weighted by molar-refractivity contribution is 6.32. The highest BCUT2D eigenvalue weighted by atomic mass is 35.5. The van der Waals surface area contributed by atoms with Crippen molar-refractivity contribution in [1.29, 1.82) is 0 Å². The van der Waals surface area contributed by atoms with Crippen molar-refractivity contribution in [2.75, 3.05) is 5.32 Å². The average Bonchev–Trinajstić information content (AvgIpc) is 2.50. The van der Waals surface area contributed by atoms with Gasteiger partial charge in [0.15, 0.2) is 11.3 Å². The van der Waals surface area contributed by atoms with Crippen LogP contribution in [0.5, 0.6) is 0 Å². The molecule has 0 aliphatic carbocycles. The summed E-state index contributed by atoms with van der Waals surface area (Å²) in [6.07, 6.45) is 1.98. The Morgan fingerprint density at radius 3 is 2.62 bits per heavy atom. The van der Waals surface area contributed by atoms with E-state index in [9.17, 15) is 9.59 Å².